The quantitative estimate of drug-likeness (QED) is 0.529. The first kappa shape index (κ1) is 10.5. The van der Waals surface area contributed by atoms with Gasteiger partial charge in [0.15, 0.2) is 11.4 Å². The number of nitrogens with zero attached hydrogens (tertiary/aromatic N) is 2. The number of aromatic nitrogens is 2. The Balaban J connectivity index is 3.11. The zero-order valence-electron chi connectivity index (χ0n) is 8.49. The molecule has 1 aromatic heterocycles. The van der Waals surface area contributed by atoms with Gasteiger partial charge in [-0.3, -0.25) is 9.48 Å². The average molecular weight is 194 g/mol. The molecule has 0 aliphatic heterocycles. The second kappa shape index (κ2) is 4.60. The minimum absolute atomic E-state index is 0.159. The number of ketones is 1. The molecule has 1 aromatic rings. The van der Waals surface area contributed by atoms with E-state index in [9.17, 15) is 4.79 Å². The molecule has 0 fully saturated rings. The maximum Gasteiger partial charge on any atom is 0.207 e. The predicted octanol–water partition coefficient (Wildman–Crippen LogP) is 1.67. The Bertz CT molecular complexity index is 342. The molecule has 1 heterocycles. The maximum absolute atomic E-state index is 11.5. The molecular weight excluding hydrogens is 180 g/mol. The molecule has 0 atom stereocenters. The molecule has 0 aromatic carbocycles. The van der Waals surface area contributed by atoms with Crippen LogP contribution in [0.1, 0.15) is 23.8 Å². The van der Waals surface area contributed by atoms with Crippen molar-refractivity contribution in [3.05, 3.63) is 24.5 Å². The fraction of sp³-hybridized carbons (Fsp3) is 0.400. The number of aryl methyl sites for hydroxylation is 1. The van der Waals surface area contributed by atoms with Crippen LogP contribution >= 0.6 is 0 Å². The Labute approximate surface area is 83.2 Å². The van der Waals surface area contributed by atoms with Crippen molar-refractivity contribution in [3.8, 4) is 5.75 Å². The summed E-state index contributed by atoms with van der Waals surface area (Å²) in [5, 5.41) is 4.07. The Kier molecular flexibility index (Phi) is 3.45. The number of allylic oxidation sites excluding steroid dienone is 1. The molecule has 4 nitrogen and oxygen atoms in total. The van der Waals surface area contributed by atoms with Crippen molar-refractivity contribution in [2.45, 2.75) is 19.9 Å². The van der Waals surface area contributed by atoms with Gasteiger partial charge < -0.3 is 4.74 Å². The van der Waals surface area contributed by atoms with E-state index >= 15 is 0 Å². The third-order valence-electron chi connectivity index (χ3n) is 1.88. The lowest BCUT2D eigenvalue weighted by molar-refractivity contribution is 0.103. The summed E-state index contributed by atoms with van der Waals surface area (Å²) >= 11 is 0. The molecule has 0 radical (unpaired) electrons. The Morgan fingerprint density at radius 2 is 2.50 bits per heavy atom. The normalized spacial score (nSPS) is 9.86. The lowest BCUT2D eigenvalue weighted by Gasteiger charge is -2.04. The fourth-order valence-corrected chi connectivity index (χ4v) is 1.24. The van der Waals surface area contributed by atoms with Crippen LogP contribution in [-0.2, 0) is 6.54 Å². The highest BCUT2D eigenvalue weighted by Crippen LogP contribution is 2.18. The van der Waals surface area contributed by atoms with Gasteiger partial charge in [0.1, 0.15) is 0 Å². The van der Waals surface area contributed by atoms with E-state index in [4.69, 9.17) is 4.74 Å². The third-order valence-corrected chi connectivity index (χ3v) is 1.88. The fourth-order valence-electron chi connectivity index (χ4n) is 1.24. The van der Waals surface area contributed by atoms with Gasteiger partial charge in [-0.25, -0.2) is 0 Å². The van der Waals surface area contributed by atoms with Crippen molar-refractivity contribution in [2.75, 3.05) is 7.11 Å². The van der Waals surface area contributed by atoms with Gasteiger partial charge in [-0.05, 0) is 12.5 Å². The van der Waals surface area contributed by atoms with E-state index in [1.807, 2.05) is 6.92 Å². The van der Waals surface area contributed by atoms with E-state index in [0.29, 0.717) is 18.0 Å². The van der Waals surface area contributed by atoms with E-state index in [-0.39, 0.29) is 5.78 Å². The summed E-state index contributed by atoms with van der Waals surface area (Å²) in [4.78, 5) is 11.5. The van der Waals surface area contributed by atoms with E-state index in [1.165, 1.54) is 13.2 Å². The summed E-state index contributed by atoms with van der Waals surface area (Å²) < 4.78 is 6.69. The van der Waals surface area contributed by atoms with Crippen molar-refractivity contribution >= 4 is 5.78 Å². The first-order valence-corrected chi connectivity index (χ1v) is 4.51. The largest absolute Gasteiger partial charge is 0.493 e. The predicted molar refractivity (Wildman–Crippen MR) is 53.6 cm³/mol. The summed E-state index contributed by atoms with van der Waals surface area (Å²) in [7, 11) is 1.52. The minimum Gasteiger partial charge on any atom is -0.493 e. The smallest absolute Gasteiger partial charge is 0.207 e. The zero-order chi connectivity index (χ0) is 10.6. The van der Waals surface area contributed by atoms with Crippen LogP contribution in [0.4, 0.5) is 0 Å². The maximum atomic E-state index is 11.5. The second-order valence-corrected chi connectivity index (χ2v) is 2.85. The molecule has 0 amide bonds. The molecule has 0 aliphatic carbocycles. The van der Waals surface area contributed by atoms with Crippen LogP contribution < -0.4 is 4.74 Å². The summed E-state index contributed by atoms with van der Waals surface area (Å²) in [5.41, 5.74) is 0.476. The summed E-state index contributed by atoms with van der Waals surface area (Å²) in [6, 6.07) is 0. The van der Waals surface area contributed by atoms with Gasteiger partial charge in [0.25, 0.3) is 0 Å². The topological polar surface area (TPSA) is 44.1 Å². The Morgan fingerprint density at radius 1 is 1.79 bits per heavy atom. The van der Waals surface area contributed by atoms with Crippen molar-refractivity contribution in [2.24, 2.45) is 0 Å². The molecule has 0 bridgehead atoms. The van der Waals surface area contributed by atoms with Gasteiger partial charge in [-0.1, -0.05) is 13.5 Å². The first-order chi connectivity index (χ1) is 6.74. The Morgan fingerprint density at radius 3 is 3.00 bits per heavy atom. The molecule has 76 valence electrons. The van der Waals surface area contributed by atoms with Gasteiger partial charge in [0.2, 0.25) is 5.78 Å². The van der Waals surface area contributed by atoms with Crippen molar-refractivity contribution in [3.63, 3.8) is 0 Å². The van der Waals surface area contributed by atoms with E-state index in [1.54, 1.807) is 10.9 Å². The highest BCUT2D eigenvalue weighted by Gasteiger charge is 2.15. The van der Waals surface area contributed by atoms with Gasteiger partial charge in [0, 0.05) is 6.54 Å². The minimum atomic E-state index is -0.159. The zero-order valence-corrected chi connectivity index (χ0v) is 8.49. The molecule has 0 saturated heterocycles. The van der Waals surface area contributed by atoms with Crippen molar-refractivity contribution < 1.29 is 9.53 Å². The van der Waals surface area contributed by atoms with Crippen LogP contribution in [0.15, 0.2) is 18.9 Å². The molecule has 14 heavy (non-hydrogen) atoms. The number of hydrogen-bond acceptors (Lipinski definition) is 3. The SMILES string of the molecule is C=CC(=O)c1c(OC)cnn1CCC. The van der Waals surface area contributed by atoms with Gasteiger partial charge in [-0.15, -0.1) is 0 Å². The summed E-state index contributed by atoms with van der Waals surface area (Å²) in [5.74, 6) is 0.344. The lowest BCUT2D eigenvalue weighted by atomic mass is 10.2. The molecule has 4 heteroatoms. The van der Waals surface area contributed by atoms with E-state index in [0.717, 1.165) is 6.42 Å². The van der Waals surface area contributed by atoms with Crippen LogP contribution in [0, 0.1) is 0 Å². The number of carbonyl (C=O) groups is 1. The van der Waals surface area contributed by atoms with E-state index < -0.39 is 0 Å². The van der Waals surface area contributed by atoms with Crippen molar-refractivity contribution in [1.29, 1.82) is 0 Å². The number of hydrogen-bond donors (Lipinski definition) is 0. The van der Waals surface area contributed by atoms with Crippen LogP contribution in [0.3, 0.4) is 0 Å². The molecule has 0 spiro atoms. The number of ether oxygens (including phenoxy) is 1. The van der Waals surface area contributed by atoms with Gasteiger partial charge in [0.05, 0.1) is 13.3 Å². The van der Waals surface area contributed by atoms with Gasteiger partial charge in [-0.2, -0.15) is 5.10 Å². The lowest BCUT2D eigenvalue weighted by Crippen LogP contribution is -2.09. The highest BCUT2D eigenvalue weighted by atomic mass is 16.5. The van der Waals surface area contributed by atoms with Crippen molar-refractivity contribution in [1.82, 2.24) is 9.78 Å². The first-order valence-electron chi connectivity index (χ1n) is 4.51. The molecular formula is C10H14N2O2. The van der Waals surface area contributed by atoms with Crippen LogP contribution in [-0.4, -0.2) is 22.7 Å². The van der Waals surface area contributed by atoms with Crippen LogP contribution in [0.5, 0.6) is 5.75 Å². The molecule has 1 rings (SSSR count). The van der Waals surface area contributed by atoms with Crippen LogP contribution in [0.2, 0.25) is 0 Å². The summed E-state index contributed by atoms with van der Waals surface area (Å²) in [6.45, 7) is 6.18. The third kappa shape index (κ3) is 1.84. The molecule has 0 N–H and O–H groups in total. The number of rotatable bonds is 5. The Hall–Kier alpha value is -1.58. The highest BCUT2D eigenvalue weighted by molar-refractivity contribution is 6.04. The molecule has 0 aliphatic rings. The molecule has 0 saturated carbocycles. The van der Waals surface area contributed by atoms with E-state index in [2.05, 4.69) is 11.7 Å². The monoisotopic (exact) mass is 194 g/mol. The number of carbonyl (C=O) groups excluding carboxylic acids is 1. The number of methoxy groups -OCH3 is 1. The van der Waals surface area contributed by atoms with Gasteiger partial charge >= 0.3 is 0 Å². The standard InChI is InChI=1S/C10H14N2O2/c1-4-6-12-10(8(13)5-2)9(14-3)7-11-12/h5,7H,2,4,6H2,1,3H3. The second-order valence-electron chi connectivity index (χ2n) is 2.85. The summed E-state index contributed by atoms with van der Waals surface area (Å²) in [6.07, 6.45) is 3.74. The van der Waals surface area contributed by atoms with Crippen LogP contribution in [0.25, 0.3) is 0 Å². The average Bonchev–Trinajstić information content (AvgIpc) is 2.60. The molecule has 0 unspecified atom stereocenters.